The van der Waals surface area contributed by atoms with Crippen molar-refractivity contribution in [3.05, 3.63) is 42.1 Å². The normalized spacial score (nSPS) is 11.5. The summed E-state index contributed by atoms with van der Waals surface area (Å²) in [5.74, 6) is -0.0710. The van der Waals surface area contributed by atoms with Gasteiger partial charge in [-0.15, -0.1) is 0 Å². The van der Waals surface area contributed by atoms with Crippen molar-refractivity contribution in [2.75, 3.05) is 6.54 Å². The number of nitrogens with one attached hydrogen (secondary N) is 1. The second-order valence-electron chi connectivity index (χ2n) is 4.34. The third-order valence-electron chi connectivity index (χ3n) is 2.85. The lowest BCUT2D eigenvalue weighted by molar-refractivity contribution is 0.0949. The molecule has 0 saturated heterocycles. The summed E-state index contributed by atoms with van der Waals surface area (Å²) in [6.45, 7) is 0.448. The Kier molecular flexibility index (Phi) is 4.49. The van der Waals surface area contributed by atoms with Gasteiger partial charge in [0.05, 0.1) is 5.52 Å². The van der Waals surface area contributed by atoms with Crippen LogP contribution >= 0.6 is 0 Å². The summed E-state index contributed by atoms with van der Waals surface area (Å²) in [7, 11) is 0. The molecule has 0 aliphatic rings. The van der Waals surface area contributed by atoms with Crippen LogP contribution < -0.4 is 11.1 Å². The second kappa shape index (κ2) is 6.51. The van der Waals surface area contributed by atoms with Crippen molar-refractivity contribution in [2.24, 2.45) is 10.9 Å². The van der Waals surface area contributed by atoms with E-state index in [2.05, 4.69) is 15.5 Å². The molecule has 1 aromatic heterocycles. The summed E-state index contributed by atoms with van der Waals surface area (Å²) in [6, 6.07) is 11.2. The van der Waals surface area contributed by atoms with Crippen LogP contribution in [0.1, 0.15) is 23.3 Å². The molecule has 2 rings (SSSR count). The molecule has 0 radical (unpaired) electrons. The van der Waals surface area contributed by atoms with Gasteiger partial charge in [0.15, 0.2) is 0 Å². The Morgan fingerprint density at radius 1 is 1.30 bits per heavy atom. The fourth-order valence-corrected chi connectivity index (χ4v) is 1.80. The molecule has 0 atom stereocenters. The first-order valence-electron chi connectivity index (χ1n) is 6.31. The molecule has 0 saturated carbocycles. The van der Waals surface area contributed by atoms with E-state index in [1.54, 1.807) is 6.07 Å². The fraction of sp³-hybridized carbons (Fsp3) is 0.214. The standard InChI is InChI=1S/C14H16N4O2/c15-13(18-20)6-3-9-16-14(19)12-8-7-10-4-1-2-5-11(10)17-12/h1-2,4-5,7-8,20H,3,6,9H2,(H2,15,18)(H,16,19). The molecule has 0 spiro atoms. The van der Waals surface area contributed by atoms with Crippen molar-refractivity contribution in [2.45, 2.75) is 12.8 Å². The van der Waals surface area contributed by atoms with Gasteiger partial charge in [-0.25, -0.2) is 4.98 Å². The molecule has 0 fully saturated rings. The highest BCUT2D eigenvalue weighted by Gasteiger charge is 2.07. The SMILES string of the molecule is NC(CCCNC(=O)c1ccc2ccccc2n1)=NO. The Bertz CT molecular complexity index is 640. The summed E-state index contributed by atoms with van der Waals surface area (Å²) in [5.41, 5.74) is 6.51. The molecule has 20 heavy (non-hydrogen) atoms. The lowest BCUT2D eigenvalue weighted by atomic mass is 10.2. The molecule has 0 aliphatic heterocycles. The zero-order chi connectivity index (χ0) is 14.4. The monoisotopic (exact) mass is 272 g/mol. The van der Waals surface area contributed by atoms with E-state index in [-0.39, 0.29) is 11.7 Å². The van der Waals surface area contributed by atoms with Gasteiger partial charge >= 0.3 is 0 Å². The molecule has 6 nitrogen and oxygen atoms in total. The zero-order valence-corrected chi connectivity index (χ0v) is 10.9. The highest BCUT2D eigenvalue weighted by Crippen LogP contribution is 2.11. The number of aromatic nitrogens is 1. The topological polar surface area (TPSA) is 101 Å². The molecule has 0 unspecified atom stereocenters. The van der Waals surface area contributed by atoms with Crippen LogP contribution in [0.15, 0.2) is 41.6 Å². The van der Waals surface area contributed by atoms with Crippen molar-refractivity contribution in [3.63, 3.8) is 0 Å². The number of carbonyl (C=O) groups is 1. The number of amidine groups is 1. The zero-order valence-electron chi connectivity index (χ0n) is 10.9. The fourth-order valence-electron chi connectivity index (χ4n) is 1.80. The third-order valence-corrected chi connectivity index (χ3v) is 2.85. The van der Waals surface area contributed by atoms with Crippen LogP contribution in [-0.4, -0.2) is 28.5 Å². The Hall–Kier alpha value is -2.63. The quantitative estimate of drug-likeness (QED) is 0.252. The minimum Gasteiger partial charge on any atom is -0.409 e. The van der Waals surface area contributed by atoms with Gasteiger partial charge in [0.25, 0.3) is 5.91 Å². The molecule has 1 amide bonds. The van der Waals surface area contributed by atoms with E-state index in [0.29, 0.717) is 25.1 Å². The number of oxime groups is 1. The number of para-hydroxylation sites is 1. The molecule has 2 aromatic rings. The summed E-state index contributed by atoms with van der Waals surface area (Å²) in [4.78, 5) is 16.2. The highest BCUT2D eigenvalue weighted by molar-refractivity contribution is 5.94. The van der Waals surface area contributed by atoms with Gasteiger partial charge in [0, 0.05) is 18.4 Å². The summed E-state index contributed by atoms with van der Waals surface area (Å²) in [5, 5.41) is 15.0. The van der Waals surface area contributed by atoms with E-state index in [1.165, 1.54) is 0 Å². The first-order valence-corrected chi connectivity index (χ1v) is 6.31. The number of hydrogen-bond acceptors (Lipinski definition) is 4. The van der Waals surface area contributed by atoms with Crippen LogP contribution in [-0.2, 0) is 0 Å². The number of hydrogen-bond donors (Lipinski definition) is 3. The second-order valence-corrected chi connectivity index (χ2v) is 4.34. The van der Waals surface area contributed by atoms with Crippen LogP contribution in [0.3, 0.4) is 0 Å². The molecule has 0 aliphatic carbocycles. The Morgan fingerprint density at radius 2 is 2.10 bits per heavy atom. The van der Waals surface area contributed by atoms with Crippen LogP contribution in [0, 0.1) is 0 Å². The molecule has 1 aromatic carbocycles. The largest absolute Gasteiger partial charge is 0.409 e. The Balaban J connectivity index is 1.94. The van der Waals surface area contributed by atoms with Crippen molar-refractivity contribution in [1.82, 2.24) is 10.3 Å². The van der Waals surface area contributed by atoms with E-state index in [1.807, 2.05) is 30.3 Å². The van der Waals surface area contributed by atoms with Gasteiger partial charge in [-0.05, 0) is 18.6 Å². The van der Waals surface area contributed by atoms with Gasteiger partial charge in [-0.2, -0.15) is 0 Å². The number of nitrogens with two attached hydrogens (primary N) is 1. The van der Waals surface area contributed by atoms with Crippen molar-refractivity contribution >= 4 is 22.6 Å². The highest BCUT2D eigenvalue weighted by atomic mass is 16.4. The molecular weight excluding hydrogens is 256 g/mol. The van der Waals surface area contributed by atoms with Crippen LogP contribution in [0.4, 0.5) is 0 Å². The van der Waals surface area contributed by atoms with E-state index in [9.17, 15) is 4.79 Å². The molecule has 104 valence electrons. The van der Waals surface area contributed by atoms with Crippen molar-refractivity contribution in [1.29, 1.82) is 0 Å². The minimum atomic E-state index is -0.227. The first-order chi connectivity index (χ1) is 9.70. The molecule has 4 N–H and O–H groups in total. The van der Waals surface area contributed by atoms with Crippen LogP contribution in [0.2, 0.25) is 0 Å². The molecule has 1 heterocycles. The molecule has 6 heteroatoms. The number of pyridine rings is 1. The third kappa shape index (κ3) is 3.44. The van der Waals surface area contributed by atoms with Crippen molar-refractivity contribution in [3.8, 4) is 0 Å². The average Bonchev–Trinajstić information content (AvgIpc) is 2.50. The van der Waals surface area contributed by atoms with E-state index < -0.39 is 0 Å². The minimum absolute atomic E-state index is 0.156. The first kappa shape index (κ1) is 13.8. The summed E-state index contributed by atoms with van der Waals surface area (Å²) >= 11 is 0. The van der Waals surface area contributed by atoms with Crippen LogP contribution in [0.25, 0.3) is 10.9 Å². The van der Waals surface area contributed by atoms with E-state index >= 15 is 0 Å². The number of nitrogens with zero attached hydrogens (tertiary/aromatic N) is 2. The van der Waals surface area contributed by atoms with Gasteiger partial charge in [-0.1, -0.05) is 29.4 Å². The predicted molar refractivity (Wildman–Crippen MR) is 76.7 cm³/mol. The van der Waals surface area contributed by atoms with E-state index in [0.717, 1.165) is 10.9 Å². The number of fused-ring (bicyclic) bond motifs is 1. The van der Waals surface area contributed by atoms with E-state index in [4.69, 9.17) is 10.9 Å². The molecule has 0 bridgehead atoms. The average molecular weight is 272 g/mol. The Morgan fingerprint density at radius 3 is 2.90 bits per heavy atom. The number of rotatable bonds is 5. The van der Waals surface area contributed by atoms with Gasteiger partial charge < -0.3 is 16.3 Å². The molecular formula is C14H16N4O2. The van der Waals surface area contributed by atoms with Gasteiger partial charge in [0.1, 0.15) is 11.5 Å². The lowest BCUT2D eigenvalue weighted by Crippen LogP contribution is -2.26. The maximum atomic E-state index is 11.9. The predicted octanol–water partition coefficient (Wildman–Crippen LogP) is 1.49. The van der Waals surface area contributed by atoms with Gasteiger partial charge in [0.2, 0.25) is 0 Å². The maximum Gasteiger partial charge on any atom is 0.269 e. The summed E-state index contributed by atoms with van der Waals surface area (Å²) in [6.07, 6.45) is 1.04. The van der Waals surface area contributed by atoms with Gasteiger partial charge in [-0.3, -0.25) is 4.79 Å². The maximum absolute atomic E-state index is 11.9. The Labute approximate surface area is 116 Å². The van der Waals surface area contributed by atoms with Crippen LogP contribution in [0.5, 0.6) is 0 Å². The number of benzene rings is 1. The number of carbonyl (C=O) groups excluding carboxylic acids is 1. The van der Waals surface area contributed by atoms with Crippen molar-refractivity contribution < 1.29 is 10.0 Å². The summed E-state index contributed by atoms with van der Waals surface area (Å²) < 4.78 is 0. The lowest BCUT2D eigenvalue weighted by Gasteiger charge is -2.05. The smallest absolute Gasteiger partial charge is 0.269 e. The number of amides is 1.